The number of benzene rings is 2. The second kappa shape index (κ2) is 5.39. The van der Waals surface area contributed by atoms with Crippen LogP contribution in [0.3, 0.4) is 0 Å². The van der Waals surface area contributed by atoms with Gasteiger partial charge in [0.2, 0.25) is 0 Å². The van der Waals surface area contributed by atoms with Gasteiger partial charge in [-0.15, -0.1) is 0 Å². The minimum atomic E-state index is 0.556. The molecule has 87 valence electrons. The predicted molar refractivity (Wildman–Crippen MR) is 68.2 cm³/mol. The van der Waals surface area contributed by atoms with Crippen molar-refractivity contribution >= 4 is 0 Å². The van der Waals surface area contributed by atoms with Crippen LogP contribution in [0.25, 0.3) is 0 Å². The monoisotopic (exact) mass is 227 g/mol. The van der Waals surface area contributed by atoms with Gasteiger partial charge in [0.25, 0.3) is 0 Å². The van der Waals surface area contributed by atoms with Gasteiger partial charge in [0.1, 0.15) is 18.1 Å². The van der Waals surface area contributed by atoms with E-state index >= 15 is 0 Å². The molecule has 2 heteroatoms. The van der Waals surface area contributed by atoms with Gasteiger partial charge in [-0.1, -0.05) is 36.4 Å². The van der Waals surface area contributed by atoms with Crippen LogP contribution < -0.4 is 9.47 Å². The SMILES string of the molecule is [CH2]c1ccc(OCc2ccccc2)cc1OC. The Bertz CT molecular complexity index is 478. The zero-order valence-electron chi connectivity index (χ0n) is 9.85. The Balaban J connectivity index is 2.04. The summed E-state index contributed by atoms with van der Waals surface area (Å²) < 4.78 is 10.9. The van der Waals surface area contributed by atoms with Gasteiger partial charge >= 0.3 is 0 Å². The molecule has 17 heavy (non-hydrogen) atoms. The van der Waals surface area contributed by atoms with Crippen LogP contribution in [0.1, 0.15) is 11.1 Å². The van der Waals surface area contributed by atoms with Crippen LogP contribution in [-0.4, -0.2) is 7.11 Å². The van der Waals surface area contributed by atoms with Crippen LogP contribution in [-0.2, 0) is 6.61 Å². The first-order valence-corrected chi connectivity index (χ1v) is 5.46. The molecule has 2 rings (SSSR count). The standard InChI is InChI=1S/C15H15O2/c1-12-8-9-14(10-15(12)16-2)17-11-13-6-4-3-5-7-13/h3-10H,1,11H2,2H3. The molecule has 0 saturated carbocycles. The van der Waals surface area contributed by atoms with E-state index in [0.717, 1.165) is 22.6 Å². The molecule has 0 bridgehead atoms. The molecule has 0 aliphatic carbocycles. The molecule has 0 aromatic heterocycles. The van der Waals surface area contributed by atoms with Crippen LogP contribution in [0.2, 0.25) is 0 Å². The molecule has 0 unspecified atom stereocenters. The number of rotatable bonds is 4. The molecule has 0 spiro atoms. The van der Waals surface area contributed by atoms with Crippen LogP contribution in [0.5, 0.6) is 11.5 Å². The van der Waals surface area contributed by atoms with E-state index < -0.39 is 0 Å². The van der Waals surface area contributed by atoms with E-state index in [1.54, 1.807) is 7.11 Å². The molecular weight excluding hydrogens is 212 g/mol. The maximum atomic E-state index is 5.68. The second-order valence-corrected chi connectivity index (χ2v) is 3.75. The van der Waals surface area contributed by atoms with Crippen molar-refractivity contribution in [2.75, 3.05) is 7.11 Å². The van der Waals surface area contributed by atoms with Crippen molar-refractivity contribution in [3.8, 4) is 11.5 Å². The quantitative estimate of drug-likeness (QED) is 0.796. The van der Waals surface area contributed by atoms with E-state index in [0.29, 0.717) is 6.61 Å². The topological polar surface area (TPSA) is 18.5 Å². The summed E-state index contributed by atoms with van der Waals surface area (Å²) in [7, 11) is 1.63. The molecular formula is C15H15O2. The van der Waals surface area contributed by atoms with Crippen molar-refractivity contribution in [3.63, 3.8) is 0 Å². The Morgan fingerprint density at radius 3 is 2.53 bits per heavy atom. The minimum Gasteiger partial charge on any atom is -0.496 e. The second-order valence-electron chi connectivity index (χ2n) is 3.75. The van der Waals surface area contributed by atoms with Crippen molar-refractivity contribution in [3.05, 3.63) is 66.6 Å². The van der Waals surface area contributed by atoms with Crippen LogP contribution in [0.15, 0.2) is 48.5 Å². The van der Waals surface area contributed by atoms with Gasteiger partial charge in [-0.25, -0.2) is 0 Å². The molecule has 0 amide bonds. The highest BCUT2D eigenvalue weighted by molar-refractivity contribution is 5.42. The van der Waals surface area contributed by atoms with Crippen molar-refractivity contribution < 1.29 is 9.47 Å². The lowest BCUT2D eigenvalue weighted by molar-refractivity contribution is 0.303. The summed E-state index contributed by atoms with van der Waals surface area (Å²) in [4.78, 5) is 0. The van der Waals surface area contributed by atoms with E-state index in [-0.39, 0.29) is 0 Å². The molecule has 2 aromatic carbocycles. The van der Waals surface area contributed by atoms with Gasteiger partial charge in [-0.3, -0.25) is 0 Å². The van der Waals surface area contributed by atoms with Gasteiger partial charge in [-0.05, 0) is 24.1 Å². The molecule has 2 nitrogen and oxygen atoms in total. The largest absolute Gasteiger partial charge is 0.496 e. The van der Waals surface area contributed by atoms with Crippen molar-refractivity contribution in [2.45, 2.75) is 6.61 Å². The summed E-state index contributed by atoms with van der Waals surface area (Å²) in [6, 6.07) is 15.7. The molecule has 0 saturated heterocycles. The molecule has 0 fully saturated rings. The Morgan fingerprint density at radius 2 is 1.82 bits per heavy atom. The Labute approximate surface area is 102 Å². The van der Waals surface area contributed by atoms with Crippen LogP contribution in [0, 0.1) is 6.92 Å². The van der Waals surface area contributed by atoms with Crippen molar-refractivity contribution in [1.29, 1.82) is 0 Å². The smallest absolute Gasteiger partial charge is 0.125 e. The molecule has 0 atom stereocenters. The maximum absolute atomic E-state index is 5.68. The molecule has 2 aromatic rings. The van der Waals surface area contributed by atoms with Gasteiger partial charge < -0.3 is 9.47 Å². The summed E-state index contributed by atoms with van der Waals surface area (Å²) >= 11 is 0. The van der Waals surface area contributed by atoms with E-state index in [9.17, 15) is 0 Å². The number of ether oxygens (including phenoxy) is 2. The highest BCUT2D eigenvalue weighted by Crippen LogP contribution is 2.24. The van der Waals surface area contributed by atoms with E-state index in [4.69, 9.17) is 9.47 Å². The predicted octanol–water partition coefficient (Wildman–Crippen LogP) is 3.46. The maximum Gasteiger partial charge on any atom is 0.125 e. The van der Waals surface area contributed by atoms with E-state index in [2.05, 4.69) is 6.92 Å². The summed E-state index contributed by atoms with van der Waals surface area (Å²) in [5.41, 5.74) is 2.00. The first-order chi connectivity index (χ1) is 8.29. The highest BCUT2D eigenvalue weighted by Gasteiger charge is 2.01. The van der Waals surface area contributed by atoms with Gasteiger partial charge in [0.05, 0.1) is 7.11 Å². The molecule has 0 heterocycles. The summed E-state index contributed by atoms with van der Waals surface area (Å²) in [6.07, 6.45) is 0. The fourth-order valence-corrected chi connectivity index (χ4v) is 1.56. The average Bonchev–Trinajstić information content (AvgIpc) is 2.39. The summed E-state index contributed by atoms with van der Waals surface area (Å²) in [6.45, 7) is 4.43. The number of hydrogen-bond acceptors (Lipinski definition) is 2. The lowest BCUT2D eigenvalue weighted by Gasteiger charge is -2.09. The lowest BCUT2D eigenvalue weighted by Crippen LogP contribution is -1.96. The lowest BCUT2D eigenvalue weighted by atomic mass is 10.2. The van der Waals surface area contributed by atoms with Gasteiger partial charge in [0, 0.05) is 6.07 Å². The average molecular weight is 227 g/mol. The highest BCUT2D eigenvalue weighted by atomic mass is 16.5. The third kappa shape index (κ3) is 3.00. The van der Waals surface area contributed by atoms with E-state index in [1.807, 2.05) is 48.5 Å². The first kappa shape index (κ1) is 11.5. The third-order valence-corrected chi connectivity index (χ3v) is 2.51. The molecule has 0 aliphatic rings. The van der Waals surface area contributed by atoms with Crippen molar-refractivity contribution in [2.24, 2.45) is 0 Å². The normalized spacial score (nSPS) is 10.0. The molecule has 1 radical (unpaired) electrons. The van der Waals surface area contributed by atoms with Gasteiger partial charge in [-0.2, -0.15) is 0 Å². The zero-order chi connectivity index (χ0) is 12.1. The number of methoxy groups -OCH3 is 1. The molecule has 0 N–H and O–H groups in total. The zero-order valence-corrected chi connectivity index (χ0v) is 9.85. The van der Waals surface area contributed by atoms with Crippen LogP contribution >= 0.6 is 0 Å². The minimum absolute atomic E-state index is 0.556. The van der Waals surface area contributed by atoms with Gasteiger partial charge in [0.15, 0.2) is 0 Å². The Morgan fingerprint density at radius 1 is 1.06 bits per heavy atom. The fourth-order valence-electron chi connectivity index (χ4n) is 1.56. The third-order valence-electron chi connectivity index (χ3n) is 2.51. The molecule has 0 aliphatic heterocycles. The Hall–Kier alpha value is -1.96. The number of hydrogen-bond donors (Lipinski definition) is 0. The van der Waals surface area contributed by atoms with Crippen molar-refractivity contribution in [1.82, 2.24) is 0 Å². The first-order valence-electron chi connectivity index (χ1n) is 5.46. The Kier molecular flexibility index (Phi) is 3.66. The fraction of sp³-hybridized carbons (Fsp3) is 0.133. The van der Waals surface area contributed by atoms with E-state index in [1.165, 1.54) is 0 Å². The summed E-state index contributed by atoms with van der Waals surface area (Å²) in [5, 5.41) is 0. The summed E-state index contributed by atoms with van der Waals surface area (Å²) in [5.74, 6) is 1.54. The van der Waals surface area contributed by atoms with Crippen LogP contribution in [0.4, 0.5) is 0 Å².